The minimum Gasteiger partial charge on any atom is -0.481 e. The molecule has 5 fully saturated rings. The highest BCUT2D eigenvalue weighted by Gasteiger charge is 2.73. The lowest BCUT2D eigenvalue weighted by molar-refractivity contribution is -0.266. The Morgan fingerprint density at radius 1 is 0.854 bits per heavy atom. The Kier molecular flexibility index (Phi) is 7.34. The molecule has 0 radical (unpaired) electrons. The van der Waals surface area contributed by atoms with Gasteiger partial charge in [-0.1, -0.05) is 46.8 Å². The number of hydrogen-bond donors (Lipinski definition) is 1. The van der Waals surface area contributed by atoms with E-state index >= 15 is 0 Å². The van der Waals surface area contributed by atoms with E-state index in [0.29, 0.717) is 11.8 Å². The van der Waals surface area contributed by atoms with Crippen molar-refractivity contribution >= 4 is 17.9 Å². The van der Waals surface area contributed by atoms with Crippen molar-refractivity contribution < 1.29 is 29.0 Å². The van der Waals surface area contributed by atoms with Gasteiger partial charge in [0.25, 0.3) is 0 Å². The average molecular weight is 571 g/mol. The minimum atomic E-state index is -0.614. The zero-order valence-corrected chi connectivity index (χ0v) is 26.8. The van der Waals surface area contributed by atoms with Gasteiger partial charge in [0.05, 0.1) is 5.41 Å². The first kappa shape index (κ1) is 30.6. The van der Waals surface area contributed by atoms with Crippen LogP contribution in [0.15, 0.2) is 12.2 Å². The van der Waals surface area contributed by atoms with Crippen molar-refractivity contribution in [3.05, 3.63) is 12.2 Å². The summed E-state index contributed by atoms with van der Waals surface area (Å²) in [5.41, 5.74) is 0.195. The topological polar surface area (TPSA) is 89.9 Å². The van der Waals surface area contributed by atoms with Gasteiger partial charge >= 0.3 is 17.9 Å². The zero-order valence-electron chi connectivity index (χ0n) is 26.8. The van der Waals surface area contributed by atoms with Crippen LogP contribution in [-0.4, -0.2) is 35.7 Å². The van der Waals surface area contributed by atoms with E-state index in [-0.39, 0.29) is 64.6 Å². The third-order valence-corrected chi connectivity index (χ3v) is 14.4. The van der Waals surface area contributed by atoms with Gasteiger partial charge in [0, 0.05) is 19.3 Å². The molecule has 1 N–H and O–H groups in total. The molecule has 0 spiro atoms. The van der Waals surface area contributed by atoms with Crippen LogP contribution in [0.5, 0.6) is 0 Å². The molecule has 6 heteroatoms. The molecule has 0 aromatic carbocycles. The molecular formula is C35H54O6. The Balaban J connectivity index is 1.55. The van der Waals surface area contributed by atoms with Gasteiger partial charge in [0.15, 0.2) is 0 Å². The Labute approximate surface area is 247 Å². The van der Waals surface area contributed by atoms with Gasteiger partial charge in [-0.3, -0.25) is 14.4 Å². The van der Waals surface area contributed by atoms with Crippen molar-refractivity contribution in [1.29, 1.82) is 0 Å². The smallest absolute Gasteiger partial charge is 0.309 e. The molecule has 5 saturated carbocycles. The fourth-order valence-corrected chi connectivity index (χ4v) is 12.8. The third-order valence-electron chi connectivity index (χ3n) is 14.4. The molecule has 6 nitrogen and oxygen atoms in total. The Morgan fingerprint density at radius 3 is 2.12 bits per heavy atom. The fraction of sp³-hybridized carbons (Fsp3) is 0.857. The number of aliphatic carboxylic acids is 1. The summed E-state index contributed by atoms with van der Waals surface area (Å²) in [6, 6.07) is 0. The summed E-state index contributed by atoms with van der Waals surface area (Å²) in [6.07, 6.45) is 8.34. The van der Waals surface area contributed by atoms with E-state index in [1.165, 1.54) is 13.8 Å². The van der Waals surface area contributed by atoms with Gasteiger partial charge in [0.2, 0.25) is 0 Å². The lowest BCUT2D eigenvalue weighted by atomic mass is 9.31. The average Bonchev–Trinajstić information content (AvgIpc) is 3.27. The highest BCUT2D eigenvalue weighted by atomic mass is 16.6. The predicted molar refractivity (Wildman–Crippen MR) is 158 cm³/mol. The van der Waals surface area contributed by atoms with E-state index in [0.717, 1.165) is 63.4 Å². The van der Waals surface area contributed by atoms with Gasteiger partial charge in [-0.25, -0.2) is 0 Å². The molecule has 0 aromatic heterocycles. The highest BCUT2D eigenvalue weighted by Crippen LogP contribution is 2.78. The Hall–Kier alpha value is -1.85. The second-order valence-corrected chi connectivity index (χ2v) is 16.1. The van der Waals surface area contributed by atoms with Crippen LogP contribution >= 0.6 is 0 Å². The van der Waals surface area contributed by atoms with Crippen molar-refractivity contribution in [2.24, 2.45) is 62.6 Å². The number of carboxylic acids is 1. The van der Waals surface area contributed by atoms with Gasteiger partial charge in [0.1, 0.15) is 12.7 Å². The first-order valence-electron chi connectivity index (χ1n) is 16.2. The van der Waals surface area contributed by atoms with Crippen LogP contribution in [0.25, 0.3) is 0 Å². The molecule has 0 heterocycles. The number of carboxylic acid groups (broad SMARTS) is 1. The molecule has 5 rings (SSSR count). The minimum absolute atomic E-state index is 0.00326. The van der Waals surface area contributed by atoms with Crippen LogP contribution in [-0.2, 0) is 23.9 Å². The second-order valence-electron chi connectivity index (χ2n) is 16.1. The standard InChI is InChI=1S/C35H54O6/c1-20(2)24-12-15-35(30(38)39)17-16-33(8)25(28(24)35)10-11-27-31(6)18-21(3)29(41-23(5)37)32(7,19-40-22(4)36)26(31)13-14-34(27,33)9/h21,24-29H,1,10-19H2,2-9H3,(H,38,39). The van der Waals surface area contributed by atoms with Crippen molar-refractivity contribution in [2.75, 3.05) is 6.61 Å². The van der Waals surface area contributed by atoms with Gasteiger partial charge in [-0.2, -0.15) is 0 Å². The number of hydrogen-bond acceptors (Lipinski definition) is 5. The van der Waals surface area contributed by atoms with Gasteiger partial charge < -0.3 is 14.6 Å². The predicted octanol–water partition coefficient (Wildman–Crippen LogP) is 7.45. The molecule has 41 heavy (non-hydrogen) atoms. The molecule has 5 aliphatic rings. The molecule has 230 valence electrons. The van der Waals surface area contributed by atoms with E-state index < -0.39 is 16.8 Å². The van der Waals surface area contributed by atoms with E-state index in [1.807, 2.05) is 0 Å². The maximum atomic E-state index is 12.9. The molecule has 0 amide bonds. The molecule has 12 atom stereocenters. The normalized spacial score (nSPS) is 50.4. The summed E-state index contributed by atoms with van der Waals surface area (Å²) in [5, 5.41) is 10.6. The molecular weight excluding hydrogens is 516 g/mol. The summed E-state index contributed by atoms with van der Waals surface area (Å²) in [7, 11) is 0. The summed E-state index contributed by atoms with van der Waals surface area (Å²) in [6.45, 7) is 21.6. The first-order valence-corrected chi connectivity index (χ1v) is 16.2. The van der Waals surface area contributed by atoms with Crippen LogP contribution in [0.3, 0.4) is 0 Å². The van der Waals surface area contributed by atoms with Crippen molar-refractivity contribution in [3.63, 3.8) is 0 Å². The maximum absolute atomic E-state index is 12.9. The summed E-state index contributed by atoms with van der Waals surface area (Å²) in [4.78, 5) is 37.2. The van der Waals surface area contributed by atoms with Crippen molar-refractivity contribution in [2.45, 2.75) is 119 Å². The summed E-state index contributed by atoms with van der Waals surface area (Å²) < 4.78 is 11.8. The van der Waals surface area contributed by atoms with Gasteiger partial charge in [-0.15, -0.1) is 0 Å². The third kappa shape index (κ3) is 4.11. The fourth-order valence-electron chi connectivity index (χ4n) is 12.8. The molecule has 0 bridgehead atoms. The highest BCUT2D eigenvalue weighted by molar-refractivity contribution is 5.76. The molecule has 12 unspecified atom stereocenters. The first-order chi connectivity index (χ1) is 19.0. The van der Waals surface area contributed by atoms with Crippen molar-refractivity contribution in [3.8, 4) is 0 Å². The SMILES string of the molecule is C=C(C)C1CCC2(C(=O)O)CCC3(C)C(CCC4C5(C)CC(C)C(OC(C)=O)C(C)(COC(C)=O)C5CCC43C)C12. The number of fused-ring (bicyclic) bond motifs is 7. The van der Waals surface area contributed by atoms with Crippen LogP contribution in [0.4, 0.5) is 0 Å². The molecule has 0 aromatic rings. The zero-order chi connectivity index (χ0) is 30.3. The number of carbonyl (C=O) groups is 3. The maximum Gasteiger partial charge on any atom is 0.309 e. The lowest BCUT2D eigenvalue weighted by Crippen LogP contribution is -2.69. The largest absolute Gasteiger partial charge is 0.481 e. The van der Waals surface area contributed by atoms with E-state index in [4.69, 9.17) is 9.47 Å². The lowest BCUT2D eigenvalue weighted by Gasteiger charge is -2.73. The van der Waals surface area contributed by atoms with E-state index in [2.05, 4.69) is 48.1 Å². The van der Waals surface area contributed by atoms with E-state index in [9.17, 15) is 19.5 Å². The summed E-state index contributed by atoms with van der Waals surface area (Å²) >= 11 is 0. The Bertz CT molecular complexity index is 1130. The van der Waals surface area contributed by atoms with E-state index in [1.54, 1.807) is 0 Å². The number of esters is 2. The van der Waals surface area contributed by atoms with Gasteiger partial charge in [-0.05, 0) is 116 Å². The number of allylic oxidation sites excluding steroid dienone is 1. The molecule has 0 saturated heterocycles. The quantitative estimate of drug-likeness (QED) is 0.273. The van der Waals surface area contributed by atoms with Crippen molar-refractivity contribution in [1.82, 2.24) is 0 Å². The Morgan fingerprint density at radius 2 is 1.54 bits per heavy atom. The second kappa shape index (κ2) is 9.84. The molecule has 0 aliphatic heterocycles. The number of rotatable bonds is 5. The molecule has 5 aliphatic carbocycles. The van der Waals surface area contributed by atoms with Crippen LogP contribution in [0.2, 0.25) is 0 Å². The van der Waals surface area contributed by atoms with Crippen LogP contribution in [0, 0.1) is 62.6 Å². The van der Waals surface area contributed by atoms with Crippen LogP contribution in [0.1, 0.15) is 113 Å². The number of carbonyl (C=O) groups excluding carboxylic acids is 2. The summed E-state index contributed by atoms with van der Waals surface area (Å²) in [5.74, 6) is 0.521. The monoisotopic (exact) mass is 570 g/mol. The number of ether oxygens (including phenoxy) is 2. The van der Waals surface area contributed by atoms with Crippen LogP contribution < -0.4 is 0 Å².